The lowest BCUT2D eigenvalue weighted by Gasteiger charge is -2.42. The van der Waals surface area contributed by atoms with Gasteiger partial charge in [0.05, 0.1) is 33.8 Å². The van der Waals surface area contributed by atoms with Gasteiger partial charge in [-0.15, -0.1) is 0 Å². The first-order valence-electron chi connectivity index (χ1n) is 11.7. The zero-order valence-electron chi connectivity index (χ0n) is 18.2. The molecule has 4 nitrogen and oxygen atoms in total. The third-order valence-corrected chi connectivity index (χ3v) is 7.95. The summed E-state index contributed by atoms with van der Waals surface area (Å²) in [5.74, 6) is 1.26. The third-order valence-electron chi connectivity index (χ3n) is 7.95. The van der Waals surface area contributed by atoms with Crippen LogP contribution in [-0.4, -0.2) is 49.4 Å². The van der Waals surface area contributed by atoms with Crippen molar-refractivity contribution in [3.8, 4) is 0 Å². The molecule has 2 aliphatic carbocycles. The average Bonchev–Trinajstić information content (AvgIpc) is 2.90. The number of fused-ring (bicyclic) bond motifs is 2. The number of hydrogen-bond donors (Lipinski definition) is 1. The van der Waals surface area contributed by atoms with Gasteiger partial charge >= 0.3 is 5.97 Å². The molecule has 1 aliphatic heterocycles. The number of benzene rings is 1. The minimum atomic E-state index is -1.52. The van der Waals surface area contributed by atoms with E-state index in [2.05, 4.69) is 14.1 Å². The summed E-state index contributed by atoms with van der Waals surface area (Å²) >= 11 is 0. The Labute approximate surface area is 175 Å². The van der Waals surface area contributed by atoms with Gasteiger partial charge in [-0.2, -0.15) is 0 Å². The summed E-state index contributed by atoms with van der Waals surface area (Å²) in [5.41, 5.74) is -0.824. The molecular weight excluding hydrogens is 362 g/mol. The van der Waals surface area contributed by atoms with Crippen molar-refractivity contribution in [3.63, 3.8) is 0 Å². The molecule has 3 unspecified atom stereocenters. The number of carbonyl (C=O) groups excluding carboxylic acids is 1. The molecule has 0 amide bonds. The highest BCUT2D eigenvalue weighted by Crippen LogP contribution is 2.44. The number of rotatable bonds is 5. The first kappa shape index (κ1) is 20.9. The summed E-state index contributed by atoms with van der Waals surface area (Å²) < 4.78 is 7.03. The Balaban J connectivity index is 1.50. The number of carbonyl (C=O) groups is 1. The van der Waals surface area contributed by atoms with Gasteiger partial charge in [-0.3, -0.25) is 0 Å². The molecule has 1 N–H and O–H groups in total. The lowest BCUT2D eigenvalue weighted by molar-refractivity contribution is -0.902. The minimum absolute atomic E-state index is 0.0569. The molecule has 1 aromatic carbocycles. The number of likely N-dealkylation sites (tertiary alicyclic amines) is 1. The molecule has 4 heteroatoms. The predicted molar refractivity (Wildman–Crippen MR) is 114 cm³/mol. The van der Waals surface area contributed by atoms with Crippen molar-refractivity contribution < 1.29 is 19.1 Å². The van der Waals surface area contributed by atoms with E-state index >= 15 is 0 Å². The third kappa shape index (κ3) is 4.25. The fraction of sp³-hybridized carbons (Fsp3) is 0.720. The standard InChI is InChI=1S/C25H38NO3/c1-26(2)16-19-14-15-20(17-26)23(19)18-29-24(27)25(28,22-12-8-5-9-13-22)21-10-6-3-4-7-11-21/h5,8-9,12-13,19-21,23,28H,3-4,6-7,10-11,14-18H2,1-2H3/q+1. The Bertz CT molecular complexity index is 679. The molecule has 2 saturated carbocycles. The number of quaternary nitrogens is 1. The van der Waals surface area contributed by atoms with Crippen LogP contribution in [0.1, 0.15) is 56.9 Å². The van der Waals surface area contributed by atoms with E-state index in [0.717, 1.165) is 30.2 Å². The maximum atomic E-state index is 13.4. The van der Waals surface area contributed by atoms with Crippen molar-refractivity contribution in [3.05, 3.63) is 35.9 Å². The molecule has 0 spiro atoms. The summed E-state index contributed by atoms with van der Waals surface area (Å²) in [6.45, 7) is 2.81. The van der Waals surface area contributed by atoms with E-state index in [0.29, 0.717) is 29.9 Å². The normalized spacial score (nSPS) is 31.6. The first-order valence-corrected chi connectivity index (χ1v) is 11.7. The van der Waals surface area contributed by atoms with E-state index in [-0.39, 0.29) is 5.92 Å². The summed E-state index contributed by atoms with van der Waals surface area (Å²) in [4.78, 5) is 13.4. The van der Waals surface area contributed by atoms with Crippen molar-refractivity contribution in [1.82, 2.24) is 0 Å². The molecule has 0 radical (unpaired) electrons. The lowest BCUT2D eigenvalue weighted by atomic mass is 9.77. The molecule has 4 rings (SSSR count). The molecule has 160 valence electrons. The van der Waals surface area contributed by atoms with Crippen LogP contribution in [0.3, 0.4) is 0 Å². The predicted octanol–water partition coefficient (Wildman–Crippen LogP) is 4.12. The van der Waals surface area contributed by atoms with Crippen molar-refractivity contribution in [2.24, 2.45) is 23.7 Å². The summed E-state index contributed by atoms with van der Waals surface area (Å²) in [6.07, 6.45) is 8.81. The number of aliphatic hydroxyl groups is 1. The minimum Gasteiger partial charge on any atom is -0.463 e. The van der Waals surface area contributed by atoms with Crippen LogP contribution < -0.4 is 0 Å². The van der Waals surface area contributed by atoms with Gasteiger partial charge in [0, 0.05) is 23.7 Å². The van der Waals surface area contributed by atoms with Crippen molar-refractivity contribution in [2.45, 2.75) is 57.0 Å². The second kappa shape index (κ2) is 8.39. The highest BCUT2D eigenvalue weighted by molar-refractivity contribution is 5.81. The number of ether oxygens (including phenoxy) is 1. The lowest BCUT2D eigenvalue weighted by Crippen LogP contribution is -2.53. The SMILES string of the molecule is C[N+]1(C)CC2CCC(C1)C2COC(=O)C(O)(c1ccccc1)C1CCCCCC1. The average molecular weight is 401 g/mol. The summed E-state index contributed by atoms with van der Waals surface area (Å²) in [7, 11) is 4.63. The summed E-state index contributed by atoms with van der Waals surface area (Å²) in [6, 6.07) is 9.52. The van der Waals surface area contributed by atoms with Crippen LogP contribution in [0, 0.1) is 23.7 Å². The van der Waals surface area contributed by atoms with Gasteiger partial charge in [-0.1, -0.05) is 56.0 Å². The molecule has 29 heavy (non-hydrogen) atoms. The molecule has 1 heterocycles. The smallest absolute Gasteiger partial charge is 0.343 e. The second-order valence-electron chi connectivity index (χ2n) is 10.5. The molecule has 1 aromatic rings. The molecule has 3 aliphatic rings. The van der Waals surface area contributed by atoms with Gasteiger partial charge in [0.15, 0.2) is 5.60 Å². The molecule has 3 fully saturated rings. The highest BCUT2D eigenvalue weighted by Gasteiger charge is 2.50. The van der Waals surface area contributed by atoms with E-state index < -0.39 is 11.6 Å². The van der Waals surface area contributed by atoms with Crippen molar-refractivity contribution in [2.75, 3.05) is 33.8 Å². The fourth-order valence-electron chi connectivity index (χ4n) is 6.50. The Morgan fingerprint density at radius 2 is 1.59 bits per heavy atom. The number of nitrogens with zero attached hydrogens (tertiary/aromatic N) is 1. The van der Waals surface area contributed by atoms with Crippen molar-refractivity contribution >= 4 is 5.97 Å². The van der Waals surface area contributed by atoms with Crippen LogP contribution in [-0.2, 0) is 15.1 Å². The van der Waals surface area contributed by atoms with E-state index in [1.54, 1.807) is 0 Å². The molecular formula is C25H38NO3+. The topological polar surface area (TPSA) is 46.5 Å². The van der Waals surface area contributed by atoms with Crippen LogP contribution in [0.5, 0.6) is 0 Å². The van der Waals surface area contributed by atoms with Gasteiger partial charge in [-0.25, -0.2) is 4.79 Å². The van der Waals surface area contributed by atoms with E-state index in [4.69, 9.17) is 4.74 Å². The van der Waals surface area contributed by atoms with E-state index in [9.17, 15) is 9.90 Å². The van der Waals surface area contributed by atoms with Crippen LogP contribution in [0.15, 0.2) is 30.3 Å². The maximum absolute atomic E-state index is 13.4. The van der Waals surface area contributed by atoms with E-state index in [1.165, 1.54) is 38.8 Å². The largest absolute Gasteiger partial charge is 0.463 e. The molecule has 2 bridgehead atoms. The molecule has 1 saturated heterocycles. The Morgan fingerprint density at radius 3 is 2.17 bits per heavy atom. The maximum Gasteiger partial charge on any atom is 0.343 e. The van der Waals surface area contributed by atoms with Gasteiger partial charge in [-0.05, 0) is 31.2 Å². The highest BCUT2D eigenvalue weighted by atomic mass is 16.5. The van der Waals surface area contributed by atoms with Crippen molar-refractivity contribution in [1.29, 1.82) is 0 Å². The number of esters is 1. The van der Waals surface area contributed by atoms with Gasteiger partial charge < -0.3 is 14.3 Å². The van der Waals surface area contributed by atoms with Crippen LogP contribution in [0.25, 0.3) is 0 Å². The quantitative estimate of drug-likeness (QED) is 0.459. The van der Waals surface area contributed by atoms with Gasteiger partial charge in [0.2, 0.25) is 0 Å². The first-order chi connectivity index (χ1) is 13.9. The fourth-order valence-corrected chi connectivity index (χ4v) is 6.50. The number of hydrogen-bond acceptors (Lipinski definition) is 3. The Hall–Kier alpha value is -1.39. The second-order valence-corrected chi connectivity index (χ2v) is 10.5. The van der Waals surface area contributed by atoms with Crippen LogP contribution in [0.2, 0.25) is 0 Å². The van der Waals surface area contributed by atoms with E-state index in [1.807, 2.05) is 30.3 Å². The summed E-state index contributed by atoms with van der Waals surface area (Å²) in [5, 5.41) is 11.8. The Kier molecular flexibility index (Phi) is 6.04. The Morgan fingerprint density at radius 1 is 1.00 bits per heavy atom. The monoisotopic (exact) mass is 400 g/mol. The zero-order chi connectivity index (χ0) is 20.5. The van der Waals surface area contributed by atoms with Gasteiger partial charge in [0.25, 0.3) is 0 Å². The molecule has 0 aromatic heterocycles. The number of piperidine rings is 1. The van der Waals surface area contributed by atoms with Gasteiger partial charge in [0.1, 0.15) is 0 Å². The zero-order valence-corrected chi connectivity index (χ0v) is 18.2. The van der Waals surface area contributed by atoms with Crippen LogP contribution >= 0.6 is 0 Å². The van der Waals surface area contributed by atoms with Crippen LogP contribution in [0.4, 0.5) is 0 Å². The molecule has 3 atom stereocenters.